The predicted octanol–water partition coefficient (Wildman–Crippen LogP) is 2.03. The van der Waals surface area contributed by atoms with Crippen LogP contribution < -0.4 is 9.47 Å². The van der Waals surface area contributed by atoms with Crippen molar-refractivity contribution in [2.75, 3.05) is 34.0 Å². The molecule has 1 aromatic rings. The number of rotatable bonds is 5. The molecule has 2 aliphatic rings. The van der Waals surface area contributed by atoms with Crippen molar-refractivity contribution in [3.8, 4) is 11.5 Å². The van der Waals surface area contributed by atoms with Gasteiger partial charge in [-0.3, -0.25) is 9.59 Å². The molecule has 0 aromatic heterocycles. The summed E-state index contributed by atoms with van der Waals surface area (Å²) in [6.45, 7) is 1.67. The third kappa shape index (κ3) is 3.62. The largest absolute Gasteiger partial charge is 0.493 e. The molecule has 1 saturated heterocycles. The zero-order valence-electron chi connectivity index (χ0n) is 15.2. The fraction of sp³-hybridized carbons (Fsp3) is 0.579. The van der Waals surface area contributed by atoms with Crippen LogP contribution in [0.15, 0.2) is 12.1 Å². The van der Waals surface area contributed by atoms with Crippen molar-refractivity contribution >= 4 is 11.9 Å². The Morgan fingerprint density at radius 1 is 1.19 bits per heavy atom. The number of hydrogen-bond acceptors (Lipinski definition) is 5. The van der Waals surface area contributed by atoms with Gasteiger partial charge in [0, 0.05) is 25.7 Å². The van der Waals surface area contributed by atoms with E-state index in [1.165, 1.54) is 0 Å². The third-order valence-electron chi connectivity index (χ3n) is 5.22. The molecule has 7 heteroatoms. The maximum Gasteiger partial charge on any atom is 0.305 e. The molecule has 2 aliphatic heterocycles. The lowest BCUT2D eigenvalue weighted by Gasteiger charge is -2.39. The summed E-state index contributed by atoms with van der Waals surface area (Å²) in [5, 5.41) is 9.41. The first-order valence-corrected chi connectivity index (χ1v) is 8.90. The number of ether oxygens (including phenoxy) is 3. The number of carboxylic acid groups (broad SMARTS) is 1. The maximum absolute atomic E-state index is 13.1. The Labute approximate surface area is 152 Å². The molecule has 1 aromatic carbocycles. The molecule has 1 atom stereocenters. The minimum atomic E-state index is -0.928. The average molecular weight is 363 g/mol. The summed E-state index contributed by atoms with van der Waals surface area (Å²) in [6.07, 6.45) is 1.92. The molecule has 0 radical (unpaired) electrons. The van der Waals surface area contributed by atoms with E-state index in [4.69, 9.17) is 14.2 Å². The van der Waals surface area contributed by atoms with Crippen molar-refractivity contribution in [2.45, 2.75) is 31.7 Å². The van der Waals surface area contributed by atoms with Gasteiger partial charge in [-0.05, 0) is 42.5 Å². The van der Waals surface area contributed by atoms with Crippen molar-refractivity contribution in [1.82, 2.24) is 4.90 Å². The van der Waals surface area contributed by atoms with Gasteiger partial charge in [0.1, 0.15) is 0 Å². The van der Waals surface area contributed by atoms with Crippen LogP contribution in [-0.2, 0) is 20.7 Å². The minimum Gasteiger partial charge on any atom is -0.493 e. The summed E-state index contributed by atoms with van der Waals surface area (Å²) in [5.41, 5.74) is 1.83. The van der Waals surface area contributed by atoms with Crippen LogP contribution in [-0.4, -0.2) is 55.9 Å². The van der Waals surface area contributed by atoms with Gasteiger partial charge >= 0.3 is 5.97 Å². The minimum absolute atomic E-state index is 0.0278. The van der Waals surface area contributed by atoms with Gasteiger partial charge in [-0.1, -0.05) is 0 Å². The van der Waals surface area contributed by atoms with Crippen molar-refractivity contribution in [2.24, 2.45) is 5.92 Å². The molecule has 1 fully saturated rings. The summed E-state index contributed by atoms with van der Waals surface area (Å²) in [7, 11) is 3.12. The standard InChI is InChI=1S/C19H25NO6/c1-24-16-9-13-3-6-20(19(23)12-4-7-26-8-5-12)15(11-18(21)22)14(13)10-17(16)25-2/h9-10,12,15H,3-8,11H2,1-2H3,(H,21,22). The van der Waals surface area contributed by atoms with Gasteiger partial charge in [0.25, 0.3) is 0 Å². The Bertz CT molecular complexity index is 683. The van der Waals surface area contributed by atoms with Gasteiger partial charge in [-0.15, -0.1) is 0 Å². The second-order valence-corrected chi connectivity index (χ2v) is 6.69. The van der Waals surface area contributed by atoms with Crippen LogP contribution >= 0.6 is 0 Å². The van der Waals surface area contributed by atoms with E-state index in [-0.39, 0.29) is 18.2 Å². The smallest absolute Gasteiger partial charge is 0.305 e. The number of carbonyl (C=O) groups is 2. The van der Waals surface area contributed by atoms with Gasteiger partial charge in [-0.2, -0.15) is 0 Å². The molecule has 3 rings (SSSR count). The monoisotopic (exact) mass is 363 g/mol. The zero-order chi connectivity index (χ0) is 18.7. The number of methoxy groups -OCH3 is 2. The van der Waals surface area contributed by atoms with Crippen LogP contribution in [0.2, 0.25) is 0 Å². The summed E-state index contributed by atoms with van der Waals surface area (Å²) < 4.78 is 16.1. The fourth-order valence-electron chi connectivity index (χ4n) is 3.86. The Morgan fingerprint density at radius 2 is 1.85 bits per heavy atom. The fourth-order valence-corrected chi connectivity index (χ4v) is 3.86. The molecule has 0 saturated carbocycles. The van der Waals surface area contributed by atoms with Gasteiger partial charge in [-0.25, -0.2) is 0 Å². The van der Waals surface area contributed by atoms with E-state index in [1.807, 2.05) is 12.1 Å². The van der Waals surface area contributed by atoms with E-state index < -0.39 is 12.0 Å². The number of carboxylic acids is 1. The van der Waals surface area contributed by atoms with Gasteiger partial charge in [0.2, 0.25) is 5.91 Å². The van der Waals surface area contributed by atoms with Crippen LogP contribution in [0.1, 0.15) is 36.4 Å². The SMILES string of the molecule is COc1cc2c(cc1OC)C(CC(=O)O)N(C(=O)C1CCOCC1)CC2. The van der Waals surface area contributed by atoms with Crippen LogP contribution in [0.25, 0.3) is 0 Å². The quantitative estimate of drug-likeness (QED) is 0.862. The third-order valence-corrected chi connectivity index (χ3v) is 5.22. The highest BCUT2D eigenvalue weighted by Crippen LogP contribution is 2.40. The van der Waals surface area contributed by atoms with E-state index in [0.717, 1.165) is 11.1 Å². The van der Waals surface area contributed by atoms with Gasteiger partial charge in [0.05, 0.1) is 26.7 Å². The van der Waals surface area contributed by atoms with Crippen LogP contribution in [0.5, 0.6) is 11.5 Å². The highest BCUT2D eigenvalue weighted by atomic mass is 16.5. The second-order valence-electron chi connectivity index (χ2n) is 6.69. The summed E-state index contributed by atoms with van der Waals surface area (Å²) >= 11 is 0. The Balaban J connectivity index is 1.95. The molecule has 26 heavy (non-hydrogen) atoms. The first-order chi connectivity index (χ1) is 12.5. The van der Waals surface area contributed by atoms with Gasteiger partial charge < -0.3 is 24.2 Å². The average Bonchev–Trinajstić information content (AvgIpc) is 2.67. The molecular formula is C19H25NO6. The van der Waals surface area contributed by atoms with Crippen molar-refractivity contribution in [3.63, 3.8) is 0 Å². The van der Waals surface area contributed by atoms with E-state index in [2.05, 4.69) is 0 Å². The number of hydrogen-bond donors (Lipinski definition) is 1. The van der Waals surface area contributed by atoms with Crippen LogP contribution in [0, 0.1) is 5.92 Å². The first kappa shape index (κ1) is 18.5. The Kier molecular flexibility index (Phi) is 5.66. The molecule has 2 heterocycles. The van der Waals surface area contributed by atoms with E-state index in [0.29, 0.717) is 50.5 Å². The van der Waals surface area contributed by atoms with Crippen LogP contribution in [0.4, 0.5) is 0 Å². The number of aliphatic carboxylic acids is 1. The highest BCUT2D eigenvalue weighted by Gasteiger charge is 2.36. The molecule has 142 valence electrons. The lowest BCUT2D eigenvalue weighted by Crippen LogP contribution is -2.45. The summed E-state index contributed by atoms with van der Waals surface area (Å²) in [6, 6.07) is 3.20. The van der Waals surface area contributed by atoms with E-state index >= 15 is 0 Å². The summed E-state index contributed by atoms with van der Waals surface area (Å²) in [4.78, 5) is 26.3. The number of fused-ring (bicyclic) bond motifs is 1. The molecule has 1 amide bonds. The lowest BCUT2D eigenvalue weighted by molar-refractivity contribution is -0.145. The Morgan fingerprint density at radius 3 is 2.46 bits per heavy atom. The first-order valence-electron chi connectivity index (χ1n) is 8.90. The highest BCUT2D eigenvalue weighted by molar-refractivity contribution is 5.81. The maximum atomic E-state index is 13.1. The van der Waals surface area contributed by atoms with E-state index in [1.54, 1.807) is 19.1 Å². The number of amides is 1. The molecule has 1 unspecified atom stereocenters. The zero-order valence-corrected chi connectivity index (χ0v) is 15.2. The number of carbonyl (C=O) groups excluding carboxylic acids is 1. The van der Waals surface area contributed by atoms with Crippen molar-refractivity contribution in [3.05, 3.63) is 23.3 Å². The Hall–Kier alpha value is -2.28. The predicted molar refractivity (Wildman–Crippen MR) is 93.5 cm³/mol. The van der Waals surface area contributed by atoms with Gasteiger partial charge in [0.15, 0.2) is 11.5 Å². The lowest BCUT2D eigenvalue weighted by atomic mass is 9.88. The molecular weight excluding hydrogens is 338 g/mol. The summed E-state index contributed by atoms with van der Waals surface area (Å²) in [5.74, 6) is 0.163. The van der Waals surface area contributed by atoms with Crippen molar-refractivity contribution < 1.29 is 28.9 Å². The topological polar surface area (TPSA) is 85.3 Å². The molecule has 0 bridgehead atoms. The number of nitrogens with zero attached hydrogens (tertiary/aromatic N) is 1. The molecule has 1 N–H and O–H groups in total. The number of benzene rings is 1. The van der Waals surface area contributed by atoms with Crippen LogP contribution in [0.3, 0.4) is 0 Å². The van der Waals surface area contributed by atoms with E-state index in [9.17, 15) is 14.7 Å². The molecule has 0 spiro atoms. The molecule has 7 nitrogen and oxygen atoms in total. The van der Waals surface area contributed by atoms with Crippen molar-refractivity contribution in [1.29, 1.82) is 0 Å². The molecule has 0 aliphatic carbocycles. The second kappa shape index (κ2) is 7.95. The normalized spacial score (nSPS) is 20.4.